The highest BCUT2D eigenvalue weighted by Crippen LogP contribution is 2.24. The molecule has 1 aliphatic rings. The van der Waals surface area contributed by atoms with Crippen LogP contribution in [0.4, 0.5) is 11.4 Å². The number of aliphatic hydroxyl groups excluding tert-OH is 1. The topological polar surface area (TPSA) is 87.8 Å². The molecule has 1 saturated heterocycles. The molecule has 116 valence electrons. The first-order valence-electron chi connectivity index (χ1n) is 6.81. The number of carbonyl (C=O) groups excluding carboxylic acids is 1. The highest BCUT2D eigenvalue weighted by atomic mass is 79.9. The number of rotatable bonds is 4. The molecule has 6 nitrogen and oxygen atoms in total. The van der Waals surface area contributed by atoms with Crippen molar-refractivity contribution in [1.29, 1.82) is 0 Å². The van der Waals surface area contributed by atoms with Crippen molar-refractivity contribution in [3.8, 4) is 0 Å². The van der Waals surface area contributed by atoms with Gasteiger partial charge in [-0.3, -0.25) is 9.69 Å². The zero-order valence-electron chi connectivity index (χ0n) is 11.9. The molecule has 1 aromatic carbocycles. The number of nitrogens with two attached hydrogens (primary N) is 1. The number of hydrogen-bond acceptors (Lipinski definition) is 5. The average Bonchev–Trinajstić information content (AvgIpc) is 2.44. The third-order valence-electron chi connectivity index (χ3n) is 3.45. The molecule has 2 rings (SSSR count). The van der Waals surface area contributed by atoms with E-state index >= 15 is 0 Å². The van der Waals surface area contributed by atoms with Crippen LogP contribution in [0.1, 0.15) is 6.92 Å². The molecule has 0 bridgehead atoms. The second-order valence-electron chi connectivity index (χ2n) is 5.20. The van der Waals surface area contributed by atoms with Gasteiger partial charge in [-0.15, -0.1) is 0 Å². The summed E-state index contributed by atoms with van der Waals surface area (Å²) >= 11 is 3.37. The Morgan fingerprint density at radius 2 is 2.38 bits per heavy atom. The summed E-state index contributed by atoms with van der Waals surface area (Å²) in [5.74, 6) is -0.106. The van der Waals surface area contributed by atoms with E-state index < -0.39 is 0 Å². The molecule has 1 heterocycles. The molecule has 0 aromatic heterocycles. The van der Waals surface area contributed by atoms with Crippen LogP contribution in [-0.4, -0.2) is 54.4 Å². The van der Waals surface area contributed by atoms with E-state index in [1.807, 2.05) is 11.8 Å². The number of benzene rings is 1. The van der Waals surface area contributed by atoms with Gasteiger partial charge in [0.1, 0.15) is 0 Å². The van der Waals surface area contributed by atoms with E-state index in [0.29, 0.717) is 24.5 Å². The first-order valence-corrected chi connectivity index (χ1v) is 7.60. The van der Waals surface area contributed by atoms with E-state index in [2.05, 4.69) is 21.2 Å². The van der Waals surface area contributed by atoms with Crippen LogP contribution in [0, 0.1) is 0 Å². The third kappa shape index (κ3) is 4.41. The van der Waals surface area contributed by atoms with Crippen molar-refractivity contribution in [3.05, 3.63) is 22.7 Å². The van der Waals surface area contributed by atoms with Crippen LogP contribution in [-0.2, 0) is 9.53 Å². The lowest BCUT2D eigenvalue weighted by molar-refractivity contribution is -0.122. The minimum atomic E-state index is -0.225. The van der Waals surface area contributed by atoms with E-state index in [9.17, 15) is 4.79 Å². The van der Waals surface area contributed by atoms with Crippen molar-refractivity contribution in [2.45, 2.75) is 19.1 Å². The summed E-state index contributed by atoms with van der Waals surface area (Å²) in [5, 5.41) is 12.0. The van der Waals surface area contributed by atoms with Crippen LogP contribution in [0.15, 0.2) is 22.7 Å². The van der Waals surface area contributed by atoms with Crippen molar-refractivity contribution in [1.82, 2.24) is 4.90 Å². The van der Waals surface area contributed by atoms with Gasteiger partial charge in [-0.2, -0.15) is 0 Å². The zero-order chi connectivity index (χ0) is 15.4. The number of anilines is 2. The Kier molecular flexibility index (Phi) is 5.58. The number of morpholine rings is 1. The fraction of sp³-hybridized carbons (Fsp3) is 0.500. The predicted octanol–water partition coefficient (Wildman–Crippen LogP) is 1.05. The largest absolute Gasteiger partial charge is 0.399 e. The monoisotopic (exact) mass is 357 g/mol. The summed E-state index contributed by atoms with van der Waals surface area (Å²) in [6.45, 7) is 3.30. The van der Waals surface area contributed by atoms with Crippen molar-refractivity contribution >= 4 is 33.2 Å². The lowest BCUT2D eigenvalue weighted by Crippen LogP contribution is -2.51. The van der Waals surface area contributed by atoms with Gasteiger partial charge in [0.2, 0.25) is 5.91 Å². The van der Waals surface area contributed by atoms with Crippen molar-refractivity contribution < 1.29 is 14.6 Å². The number of nitrogen functional groups attached to an aromatic ring is 1. The average molecular weight is 358 g/mol. The van der Waals surface area contributed by atoms with Crippen molar-refractivity contribution in [3.63, 3.8) is 0 Å². The van der Waals surface area contributed by atoms with Crippen LogP contribution in [0.5, 0.6) is 0 Å². The number of ether oxygens (including phenoxy) is 1. The van der Waals surface area contributed by atoms with E-state index in [1.165, 1.54) is 0 Å². The second-order valence-corrected chi connectivity index (χ2v) is 6.06. The molecule has 2 atom stereocenters. The maximum absolute atomic E-state index is 12.2. The van der Waals surface area contributed by atoms with E-state index in [0.717, 1.165) is 4.47 Å². The summed E-state index contributed by atoms with van der Waals surface area (Å²) in [4.78, 5) is 14.2. The first-order chi connectivity index (χ1) is 9.99. The van der Waals surface area contributed by atoms with Crippen LogP contribution in [0.25, 0.3) is 0 Å². The van der Waals surface area contributed by atoms with Crippen molar-refractivity contribution in [2.75, 3.05) is 37.4 Å². The Balaban J connectivity index is 1.94. The number of amides is 1. The number of nitrogens with one attached hydrogen (secondary N) is 1. The molecule has 0 radical (unpaired) electrons. The Bertz CT molecular complexity index is 512. The standard InChI is InChI=1S/C14H20BrN3O3/c1-9-8-21-11(7-19)5-18(9)6-14(20)17-13-3-2-10(16)4-12(13)15/h2-4,9,11,19H,5-8,16H2,1H3,(H,17,20). The van der Waals surface area contributed by atoms with Gasteiger partial charge in [-0.1, -0.05) is 0 Å². The summed E-state index contributed by atoms with van der Waals surface area (Å²) in [6.07, 6.45) is -0.225. The van der Waals surface area contributed by atoms with Gasteiger partial charge in [0.05, 0.1) is 31.5 Å². The van der Waals surface area contributed by atoms with Gasteiger partial charge in [0.15, 0.2) is 0 Å². The molecule has 2 unspecified atom stereocenters. The molecule has 7 heteroatoms. The Morgan fingerprint density at radius 3 is 3.05 bits per heavy atom. The molecule has 1 amide bonds. The SMILES string of the molecule is CC1COC(CO)CN1CC(=O)Nc1ccc(N)cc1Br. The highest BCUT2D eigenvalue weighted by Gasteiger charge is 2.27. The maximum atomic E-state index is 12.2. The summed E-state index contributed by atoms with van der Waals surface area (Å²) in [7, 11) is 0. The van der Waals surface area contributed by atoms with Gasteiger partial charge in [-0.25, -0.2) is 0 Å². The van der Waals surface area contributed by atoms with E-state index in [1.54, 1.807) is 18.2 Å². The fourth-order valence-corrected chi connectivity index (χ4v) is 2.71. The van der Waals surface area contributed by atoms with Crippen LogP contribution < -0.4 is 11.1 Å². The smallest absolute Gasteiger partial charge is 0.238 e. The Hall–Kier alpha value is -1.15. The molecular formula is C14H20BrN3O3. The minimum absolute atomic E-state index is 0.0334. The molecule has 1 aliphatic heterocycles. The molecular weight excluding hydrogens is 338 g/mol. The van der Waals surface area contributed by atoms with E-state index in [-0.39, 0.29) is 31.2 Å². The van der Waals surface area contributed by atoms with Gasteiger partial charge < -0.3 is 20.9 Å². The fourth-order valence-electron chi connectivity index (χ4n) is 2.21. The maximum Gasteiger partial charge on any atom is 0.238 e. The molecule has 4 N–H and O–H groups in total. The van der Waals surface area contributed by atoms with E-state index in [4.69, 9.17) is 15.6 Å². The first kappa shape index (κ1) is 16.2. The van der Waals surface area contributed by atoms with Gasteiger partial charge >= 0.3 is 0 Å². The molecule has 0 saturated carbocycles. The molecule has 1 aromatic rings. The lowest BCUT2D eigenvalue weighted by atomic mass is 10.2. The van der Waals surface area contributed by atoms with Gasteiger partial charge in [-0.05, 0) is 41.1 Å². The van der Waals surface area contributed by atoms with Crippen molar-refractivity contribution in [2.24, 2.45) is 0 Å². The Labute approximate surface area is 132 Å². The summed E-state index contributed by atoms with van der Waals surface area (Å²) in [6, 6.07) is 5.39. The number of aliphatic hydroxyl groups is 1. The Morgan fingerprint density at radius 1 is 1.62 bits per heavy atom. The number of nitrogens with zero attached hydrogens (tertiary/aromatic N) is 1. The van der Waals surface area contributed by atoms with Gasteiger partial charge in [0, 0.05) is 22.7 Å². The normalized spacial score (nSPS) is 23.0. The molecule has 1 fully saturated rings. The van der Waals surface area contributed by atoms with Crippen LogP contribution in [0.2, 0.25) is 0 Å². The number of carbonyl (C=O) groups is 1. The summed E-state index contributed by atoms with van der Waals surface area (Å²) < 4.78 is 6.21. The molecule has 0 spiro atoms. The van der Waals surface area contributed by atoms with Crippen LogP contribution in [0.3, 0.4) is 0 Å². The van der Waals surface area contributed by atoms with Gasteiger partial charge in [0.25, 0.3) is 0 Å². The zero-order valence-corrected chi connectivity index (χ0v) is 13.5. The second kappa shape index (κ2) is 7.22. The number of halogens is 1. The summed E-state index contributed by atoms with van der Waals surface area (Å²) in [5.41, 5.74) is 6.99. The molecule has 21 heavy (non-hydrogen) atoms. The van der Waals surface area contributed by atoms with Crippen LogP contribution >= 0.6 is 15.9 Å². The predicted molar refractivity (Wildman–Crippen MR) is 85.0 cm³/mol. The lowest BCUT2D eigenvalue weighted by Gasteiger charge is -2.36. The third-order valence-corrected chi connectivity index (χ3v) is 4.11. The molecule has 0 aliphatic carbocycles. The minimum Gasteiger partial charge on any atom is -0.399 e. The quantitative estimate of drug-likeness (QED) is 0.701. The number of hydrogen-bond donors (Lipinski definition) is 3. The highest BCUT2D eigenvalue weighted by molar-refractivity contribution is 9.10.